The molecule has 0 atom stereocenters. The maximum atomic E-state index is 12.9. The van der Waals surface area contributed by atoms with Crippen LogP contribution in [0.5, 0.6) is 0 Å². The molecule has 0 radical (unpaired) electrons. The summed E-state index contributed by atoms with van der Waals surface area (Å²) >= 11 is 6.09. The minimum Gasteiger partial charge on any atom is -0.458 e. The van der Waals surface area contributed by atoms with Crippen molar-refractivity contribution in [2.75, 3.05) is 6.61 Å². The molecule has 0 aliphatic carbocycles. The quantitative estimate of drug-likeness (QED) is 0.416. The monoisotopic (exact) mass is 394 g/mol. The van der Waals surface area contributed by atoms with Crippen LogP contribution in [0, 0.1) is 0 Å². The van der Waals surface area contributed by atoms with Crippen LogP contribution in [0.2, 0.25) is 5.02 Å². The fourth-order valence-corrected chi connectivity index (χ4v) is 3.29. The molecule has 3 nitrogen and oxygen atoms in total. The third-order valence-corrected chi connectivity index (χ3v) is 4.76. The highest BCUT2D eigenvalue weighted by molar-refractivity contribution is 6.30. The Morgan fingerprint density at radius 1 is 0.964 bits per heavy atom. The lowest BCUT2D eigenvalue weighted by molar-refractivity contribution is -0.611. The first-order valence-electron chi connectivity index (χ1n) is 9.40. The van der Waals surface area contributed by atoms with Gasteiger partial charge in [-0.3, -0.25) is 0 Å². The maximum Gasteiger partial charge on any atom is 0.404 e. The summed E-state index contributed by atoms with van der Waals surface area (Å²) in [5, 5.41) is 0.653. The van der Waals surface area contributed by atoms with Gasteiger partial charge in [-0.15, -0.1) is 0 Å². The number of hydrogen-bond donors (Lipinski definition) is 0. The van der Waals surface area contributed by atoms with Crippen LogP contribution in [-0.2, 0) is 10.2 Å². The molecule has 1 heterocycles. The Bertz CT molecular complexity index is 974. The summed E-state index contributed by atoms with van der Waals surface area (Å²) in [6.07, 6.45) is 0. The maximum absolute atomic E-state index is 12.9. The summed E-state index contributed by atoms with van der Waals surface area (Å²) in [4.78, 5) is 12.9. The van der Waals surface area contributed by atoms with E-state index < -0.39 is 0 Å². The van der Waals surface area contributed by atoms with Gasteiger partial charge in [0.05, 0.1) is 6.61 Å². The Balaban J connectivity index is 2.34. The molecule has 2 aromatic carbocycles. The van der Waals surface area contributed by atoms with Gasteiger partial charge in [-0.1, -0.05) is 62.7 Å². The molecule has 1 aromatic heterocycles. The van der Waals surface area contributed by atoms with Crippen LogP contribution in [0.25, 0.3) is 16.8 Å². The smallest absolute Gasteiger partial charge is 0.404 e. The molecule has 0 unspecified atom stereocenters. The van der Waals surface area contributed by atoms with Gasteiger partial charge in [0.2, 0.25) is 5.69 Å². The molecule has 0 fully saturated rings. The number of esters is 1. The van der Waals surface area contributed by atoms with Crippen molar-refractivity contribution >= 4 is 17.6 Å². The van der Waals surface area contributed by atoms with Crippen molar-refractivity contribution < 1.29 is 14.1 Å². The van der Waals surface area contributed by atoms with Crippen LogP contribution in [0.1, 0.15) is 43.9 Å². The zero-order valence-electron chi connectivity index (χ0n) is 16.7. The van der Waals surface area contributed by atoms with Gasteiger partial charge in [0.1, 0.15) is 0 Å². The van der Waals surface area contributed by atoms with Crippen LogP contribution < -0.4 is 4.57 Å². The van der Waals surface area contributed by atoms with Crippen molar-refractivity contribution in [3.63, 3.8) is 0 Å². The molecule has 0 amide bonds. The minimum absolute atomic E-state index is 0.203. The van der Waals surface area contributed by atoms with E-state index in [0.29, 0.717) is 17.3 Å². The van der Waals surface area contributed by atoms with E-state index in [4.69, 9.17) is 16.3 Å². The Morgan fingerprint density at radius 3 is 2.18 bits per heavy atom. The molecule has 28 heavy (non-hydrogen) atoms. The molecule has 0 saturated heterocycles. The highest BCUT2D eigenvalue weighted by atomic mass is 35.5. The predicted octanol–water partition coefficient (Wildman–Crippen LogP) is 5.76. The van der Waals surface area contributed by atoms with Gasteiger partial charge >= 0.3 is 5.97 Å². The van der Waals surface area contributed by atoms with Crippen molar-refractivity contribution in [3.8, 4) is 16.8 Å². The van der Waals surface area contributed by atoms with Gasteiger partial charge in [0.15, 0.2) is 5.69 Å². The van der Waals surface area contributed by atoms with Crippen molar-refractivity contribution in [1.82, 2.24) is 0 Å². The lowest BCUT2D eigenvalue weighted by Crippen LogP contribution is -2.46. The summed E-state index contributed by atoms with van der Waals surface area (Å²) < 4.78 is 7.36. The Labute approximate surface area is 171 Å². The minimum atomic E-state index is -0.347. The second kappa shape index (κ2) is 8.15. The number of nitrogens with zero attached hydrogens (tertiary/aromatic N) is 1. The number of hydrogen-bond acceptors (Lipinski definition) is 2. The Morgan fingerprint density at radius 2 is 1.61 bits per heavy atom. The van der Waals surface area contributed by atoms with Crippen LogP contribution in [0.15, 0.2) is 66.7 Å². The third kappa shape index (κ3) is 4.26. The summed E-state index contributed by atoms with van der Waals surface area (Å²) in [6, 6.07) is 21.6. The summed E-state index contributed by atoms with van der Waals surface area (Å²) in [6.45, 7) is 8.55. The predicted molar refractivity (Wildman–Crippen MR) is 113 cm³/mol. The molecule has 4 heteroatoms. The molecule has 0 bridgehead atoms. The number of rotatable bonds is 4. The van der Waals surface area contributed by atoms with Crippen molar-refractivity contribution in [2.24, 2.45) is 0 Å². The van der Waals surface area contributed by atoms with Crippen LogP contribution in [-0.4, -0.2) is 12.6 Å². The van der Waals surface area contributed by atoms with E-state index in [0.717, 1.165) is 22.5 Å². The zero-order chi connectivity index (χ0) is 20.3. The van der Waals surface area contributed by atoms with Gasteiger partial charge in [-0.25, -0.2) is 4.79 Å². The number of ether oxygens (including phenoxy) is 1. The van der Waals surface area contributed by atoms with E-state index in [1.54, 1.807) is 0 Å². The van der Waals surface area contributed by atoms with Crippen LogP contribution in [0.3, 0.4) is 0 Å². The topological polar surface area (TPSA) is 30.2 Å². The van der Waals surface area contributed by atoms with E-state index in [9.17, 15) is 4.79 Å². The molecule has 3 rings (SSSR count). The summed E-state index contributed by atoms with van der Waals surface area (Å²) in [5.74, 6) is -0.347. The number of carbonyl (C=O) groups is 1. The summed E-state index contributed by atoms with van der Waals surface area (Å²) in [7, 11) is 0. The Hall–Kier alpha value is -2.65. The van der Waals surface area contributed by atoms with Gasteiger partial charge < -0.3 is 4.74 Å². The number of aromatic nitrogens is 1. The second-order valence-corrected chi connectivity index (χ2v) is 8.10. The average Bonchev–Trinajstić information content (AvgIpc) is 2.68. The number of pyridine rings is 1. The number of halogens is 1. The highest BCUT2D eigenvalue weighted by Crippen LogP contribution is 2.28. The van der Waals surface area contributed by atoms with Gasteiger partial charge in [-0.2, -0.15) is 4.57 Å². The van der Waals surface area contributed by atoms with Crippen molar-refractivity contribution in [2.45, 2.75) is 33.1 Å². The van der Waals surface area contributed by atoms with Gasteiger partial charge in [0.25, 0.3) is 5.69 Å². The fourth-order valence-electron chi connectivity index (χ4n) is 3.17. The first kappa shape index (κ1) is 20.1. The molecule has 0 aliphatic heterocycles. The van der Waals surface area contributed by atoms with E-state index in [-0.39, 0.29) is 11.4 Å². The number of benzene rings is 2. The largest absolute Gasteiger partial charge is 0.458 e. The standard InChI is InChI=1S/C24H25ClNO2/c1-5-28-23(27)21-15-18(17-9-7-6-8-10-17)16-22(24(2,3)4)26(21)20-13-11-19(25)12-14-20/h6-16H,5H2,1-4H3/q+1. The normalized spacial score (nSPS) is 11.3. The van der Waals surface area contributed by atoms with Crippen molar-refractivity contribution in [1.29, 1.82) is 0 Å². The molecule has 3 aromatic rings. The fraction of sp³-hybridized carbons (Fsp3) is 0.250. The zero-order valence-corrected chi connectivity index (χ0v) is 17.5. The molecule has 0 saturated carbocycles. The van der Waals surface area contributed by atoms with E-state index >= 15 is 0 Å². The first-order chi connectivity index (χ1) is 13.3. The lowest BCUT2D eigenvalue weighted by Gasteiger charge is -2.19. The molecular weight excluding hydrogens is 370 g/mol. The highest BCUT2D eigenvalue weighted by Gasteiger charge is 2.34. The molecule has 0 spiro atoms. The van der Waals surface area contributed by atoms with E-state index in [1.807, 2.05) is 72.2 Å². The first-order valence-corrected chi connectivity index (χ1v) is 9.78. The van der Waals surface area contributed by atoms with E-state index in [2.05, 4.69) is 26.8 Å². The van der Waals surface area contributed by atoms with E-state index in [1.165, 1.54) is 0 Å². The Kier molecular flexibility index (Phi) is 5.85. The lowest BCUT2D eigenvalue weighted by atomic mass is 9.88. The van der Waals surface area contributed by atoms with Crippen molar-refractivity contribution in [3.05, 3.63) is 83.1 Å². The second-order valence-electron chi connectivity index (χ2n) is 7.66. The molecule has 0 aliphatic rings. The van der Waals surface area contributed by atoms with Crippen LogP contribution >= 0.6 is 11.6 Å². The van der Waals surface area contributed by atoms with Gasteiger partial charge in [-0.05, 0) is 30.2 Å². The van der Waals surface area contributed by atoms with Crippen LogP contribution in [0.4, 0.5) is 0 Å². The molecule has 0 N–H and O–H groups in total. The molecule has 144 valence electrons. The SMILES string of the molecule is CCOC(=O)c1cc(-c2ccccc2)cc(C(C)(C)C)[n+]1-c1ccc(Cl)cc1. The third-order valence-electron chi connectivity index (χ3n) is 4.51. The average molecular weight is 395 g/mol. The number of carbonyl (C=O) groups excluding carboxylic acids is 1. The summed E-state index contributed by atoms with van der Waals surface area (Å²) in [5.41, 5.74) is 4.22. The molecular formula is C24H25ClNO2+. The van der Waals surface area contributed by atoms with Gasteiger partial charge in [0, 0.05) is 34.7 Å².